The van der Waals surface area contributed by atoms with Crippen LogP contribution in [-0.4, -0.2) is 16.3 Å². The maximum absolute atomic E-state index is 4.33. The van der Waals surface area contributed by atoms with Crippen LogP contribution in [0.2, 0.25) is 0 Å². The zero-order valence-electron chi connectivity index (χ0n) is 13.6. The third kappa shape index (κ3) is 4.43. The van der Waals surface area contributed by atoms with E-state index in [0.717, 1.165) is 19.5 Å². The molecule has 1 aromatic heterocycles. The van der Waals surface area contributed by atoms with Gasteiger partial charge in [0.05, 0.1) is 6.20 Å². The quantitative estimate of drug-likeness (QED) is 0.874. The monoisotopic (exact) mass is 285 g/mol. The summed E-state index contributed by atoms with van der Waals surface area (Å²) < 4.78 is 1.98. The van der Waals surface area contributed by atoms with Gasteiger partial charge >= 0.3 is 0 Å². The Hall–Kier alpha value is -1.61. The van der Waals surface area contributed by atoms with Crippen molar-refractivity contribution < 1.29 is 0 Å². The number of nitrogens with zero attached hydrogens (tertiary/aromatic N) is 2. The first-order chi connectivity index (χ1) is 10.0. The molecule has 3 nitrogen and oxygen atoms in total. The smallest absolute Gasteiger partial charge is 0.0522 e. The lowest BCUT2D eigenvalue weighted by atomic mass is 9.82. The van der Waals surface area contributed by atoms with Gasteiger partial charge in [-0.3, -0.25) is 4.68 Å². The Kier molecular flexibility index (Phi) is 5.18. The first-order valence-electron chi connectivity index (χ1n) is 7.80. The van der Waals surface area contributed by atoms with Crippen molar-refractivity contribution in [1.29, 1.82) is 0 Å². The minimum atomic E-state index is 0.189. The maximum Gasteiger partial charge on any atom is 0.0522 e. The first-order valence-corrected chi connectivity index (χ1v) is 7.80. The highest BCUT2D eigenvalue weighted by atomic mass is 15.3. The Morgan fingerprint density at radius 3 is 2.48 bits per heavy atom. The topological polar surface area (TPSA) is 29.9 Å². The number of hydrogen-bond acceptors (Lipinski definition) is 2. The third-order valence-corrected chi connectivity index (χ3v) is 3.77. The predicted molar refractivity (Wildman–Crippen MR) is 88.2 cm³/mol. The van der Waals surface area contributed by atoms with Crippen LogP contribution in [0, 0.1) is 5.41 Å². The lowest BCUT2D eigenvalue weighted by Gasteiger charge is -2.32. The molecule has 1 heterocycles. The molecular weight excluding hydrogens is 258 g/mol. The van der Waals surface area contributed by atoms with E-state index in [1.807, 2.05) is 10.9 Å². The molecule has 1 atom stereocenters. The molecule has 2 aromatic rings. The molecule has 0 amide bonds. The molecule has 0 bridgehead atoms. The fraction of sp³-hybridized carbons (Fsp3) is 0.500. The van der Waals surface area contributed by atoms with Crippen LogP contribution in [0.5, 0.6) is 0 Å². The molecule has 0 aliphatic heterocycles. The van der Waals surface area contributed by atoms with E-state index in [9.17, 15) is 0 Å². The Labute approximate surface area is 128 Å². The van der Waals surface area contributed by atoms with Crippen molar-refractivity contribution in [3.63, 3.8) is 0 Å². The Bertz CT molecular complexity index is 537. The van der Waals surface area contributed by atoms with E-state index in [1.54, 1.807) is 0 Å². The molecule has 0 saturated carbocycles. The number of nitrogens with one attached hydrogen (secondary N) is 1. The highest BCUT2D eigenvalue weighted by Crippen LogP contribution is 2.32. The largest absolute Gasteiger partial charge is 0.309 e. The van der Waals surface area contributed by atoms with Crippen LogP contribution in [0.4, 0.5) is 0 Å². The van der Waals surface area contributed by atoms with Crippen molar-refractivity contribution in [2.75, 3.05) is 6.54 Å². The van der Waals surface area contributed by atoms with E-state index in [-0.39, 0.29) is 5.41 Å². The molecule has 0 fully saturated rings. The van der Waals surface area contributed by atoms with Gasteiger partial charge in [0.15, 0.2) is 0 Å². The minimum absolute atomic E-state index is 0.189. The molecule has 114 valence electrons. The summed E-state index contributed by atoms with van der Waals surface area (Å²) in [7, 11) is 0. The summed E-state index contributed by atoms with van der Waals surface area (Å²) in [5.74, 6) is 0. The standard InChI is InChI=1S/C18H27N3/c1-5-21-14-15(13-20-21)11-12-19-17(18(2,3)4)16-9-7-6-8-10-16/h6-10,13-14,17,19H,5,11-12H2,1-4H3/t17-/m1/s1. The molecule has 0 unspecified atom stereocenters. The number of aromatic nitrogens is 2. The van der Waals surface area contributed by atoms with Gasteiger partial charge in [0.2, 0.25) is 0 Å². The minimum Gasteiger partial charge on any atom is -0.309 e. The van der Waals surface area contributed by atoms with Crippen LogP contribution < -0.4 is 5.32 Å². The molecule has 1 N–H and O–H groups in total. The second kappa shape index (κ2) is 6.90. The van der Waals surface area contributed by atoms with Crippen molar-refractivity contribution >= 4 is 0 Å². The summed E-state index contributed by atoms with van der Waals surface area (Å²) >= 11 is 0. The number of aryl methyl sites for hydroxylation is 1. The zero-order chi connectivity index (χ0) is 15.3. The second-order valence-electron chi connectivity index (χ2n) is 6.62. The normalized spacial score (nSPS) is 13.3. The van der Waals surface area contributed by atoms with E-state index in [2.05, 4.69) is 74.6 Å². The summed E-state index contributed by atoms with van der Waals surface area (Å²) in [6.07, 6.45) is 5.12. The van der Waals surface area contributed by atoms with Crippen molar-refractivity contribution in [1.82, 2.24) is 15.1 Å². The van der Waals surface area contributed by atoms with E-state index in [1.165, 1.54) is 11.1 Å². The van der Waals surface area contributed by atoms with Gasteiger partial charge in [-0.15, -0.1) is 0 Å². The summed E-state index contributed by atoms with van der Waals surface area (Å²) in [5, 5.41) is 8.04. The third-order valence-electron chi connectivity index (χ3n) is 3.77. The summed E-state index contributed by atoms with van der Waals surface area (Å²) in [4.78, 5) is 0. The molecular formula is C18H27N3. The number of benzene rings is 1. The Morgan fingerprint density at radius 2 is 1.90 bits per heavy atom. The van der Waals surface area contributed by atoms with Crippen LogP contribution >= 0.6 is 0 Å². The van der Waals surface area contributed by atoms with Gasteiger partial charge in [-0.05, 0) is 36.4 Å². The first kappa shape index (κ1) is 15.8. The van der Waals surface area contributed by atoms with E-state index in [4.69, 9.17) is 0 Å². The average molecular weight is 285 g/mol. The summed E-state index contributed by atoms with van der Waals surface area (Å²) in [5.41, 5.74) is 2.84. The summed E-state index contributed by atoms with van der Waals surface area (Å²) in [6.45, 7) is 10.9. The fourth-order valence-corrected chi connectivity index (χ4v) is 2.64. The zero-order valence-corrected chi connectivity index (χ0v) is 13.6. The van der Waals surface area contributed by atoms with Gasteiger partial charge in [-0.2, -0.15) is 5.10 Å². The number of rotatable bonds is 6. The molecule has 0 aliphatic rings. The lowest BCUT2D eigenvalue weighted by Crippen LogP contribution is -2.33. The molecule has 1 aromatic carbocycles. The van der Waals surface area contributed by atoms with Crippen LogP contribution in [0.3, 0.4) is 0 Å². The predicted octanol–water partition coefficient (Wildman–Crippen LogP) is 3.82. The van der Waals surface area contributed by atoms with Crippen molar-refractivity contribution in [2.45, 2.75) is 46.7 Å². The second-order valence-corrected chi connectivity index (χ2v) is 6.62. The van der Waals surface area contributed by atoms with Crippen LogP contribution in [0.1, 0.15) is 44.9 Å². The molecule has 0 radical (unpaired) electrons. The van der Waals surface area contributed by atoms with Crippen molar-refractivity contribution in [3.05, 3.63) is 53.9 Å². The molecule has 0 aliphatic carbocycles. The molecule has 2 rings (SSSR count). The fourth-order valence-electron chi connectivity index (χ4n) is 2.64. The van der Waals surface area contributed by atoms with Crippen molar-refractivity contribution in [2.24, 2.45) is 5.41 Å². The van der Waals surface area contributed by atoms with Gasteiger partial charge in [0.1, 0.15) is 0 Å². The van der Waals surface area contributed by atoms with Crippen LogP contribution in [-0.2, 0) is 13.0 Å². The number of hydrogen-bond donors (Lipinski definition) is 1. The SMILES string of the molecule is CCn1cc(CCN[C@H](c2ccccc2)C(C)(C)C)cn1. The Balaban J connectivity index is 1.97. The maximum atomic E-state index is 4.33. The molecule has 0 saturated heterocycles. The highest BCUT2D eigenvalue weighted by Gasteiger charge is 2.25. The van der Waals surface area contributed by atoms with Gasteiger partial charge in [-0.1, -0.05) is 51.1 Å². The summed E-state index contributed by atoms with van der Waals surface area (Å²) in [6, 6.07) is 11.1. The van der Waals surface area contributed by atoms with Gasteiger partial charge in [0.25, 0.3) is 0 Å². The van der Waals surface area contributed by atoms with Gasteiger partial charge in [0, 0.05) is 18.8 Å². The van der Waals surface area contributed by atoms with Crippen LogP contribution in [0.15, 0.2) is 42.7 Å². The van der Waals surface area contributed by atoms with Crippen molar-refractivity contribution in [3.8, 4) is 0 Å². The average Bonchev–Trinajstić information content (AvgIpc) is 2.91. The van der Waals surface area contributed by atoms with Gasteiger partial charge < -0.3 is 5.32 Å². The molecule has 21 heavy (non-hydrogen) atoms. The lowest BCUT2D eigenvalue weighted by molar-refractivity contribution is 0.274. The van der Waals surface area contributed by atoms with Crippen LogP contribution in [0.25, 0.3) is 0 Å². The van der Waals surface area contributed by atoms with E-state index >= 15 is 0 Å². The van der Waals surface area contributed by atoms with E-state index < -0.39 is 0 Å². The molecule has 3 heteroatoms. The highest BCUT2D eigenvalue weighted by molar-refractivity contribution is 5.20. The van der Waals surface area contributed by atoms with E-state index in [0.29, 0.717) is 6.04 Å². The molecule has 0 spiro atoms. The van der Waals surface area contributed by atoms with Gasteiger partial charge in [-0.25, -0.2) is 0 Å². The Morgan fingerprint density at radius 1 is 1.19 bits per heavy atom.